The molecule has 0 spiro atoms. The van der Waals surface area contributed by atoms with E-state index >= 15 is 0 Å². The predicted molar refractivity (Wildman–Crippen MR) is 31.4 cm³/mol. The van der Waals surface area contributed by atoms with Gasteiger partial charge in [-0.25, -0.2) is 0 Å². The number of hydrogen-bond acceptors (Lipinski definition) is 12. The Bertz CT molecular complexity index is 337. The molecule has 0 heterocycles. The molecule has 16 heteroatoms. The molecule has 0 aliphatic heterocycles. The van der Waals surface area contributed by atoms with E-state index in [4.69, 9.17) is 52.6 Å². The topological polar surface area (TPSA) is 241 Å². The second-order valence-electron chi connectivity index (χ2n) is 1.22. The first-order valence-corrected chi connectivity index (χ1v) is 6.00. The summed E-state index contributed by atoms with van der Waals surface area (Å²) in [4.78, 5) is 0. The second kappa shape index (κ2) is 9.31. The first-order chi connectivity index (χ1) is 6.00. The number of rotatable bonds is 0. The molecule has 0 bridgehead atoms. The summed E-state index contributed by atoms with van der Waals surface area (Å²) in [6, 6.07) is 0. The van der Waals surface area contributed by atoms with Gasteiger partial charge in [0.1, 0.15) is 0 Å². The molecule has 0 aromatic heterocycles. The maximum absolute atomic E-state index is 8.52. The van der Waals surface area contributed by atoms with Crippen LogP contribution in [0.2, 0.25) is 0 Å². The molecule has 0 aliphatic carbocycles. The van der Waals surface area contributed by atoms with Gasteiger partial charge in [-0.05, 0) is 0 Å². The molecule has 1 radical (unpaired) electrons. The van der Waals surface area contributed by atoms with E-state index < -0.39 is 31.2 Å². The minimum Gasteiger partial charge on any atom is -0.759 e. The SMILES string of the molecule is O=S(=O)([O-])[O-].O=S(=O)([O-])[O-].O=S(=O)([O-])[O-].[Ir]. The Morgan fingerprint density at radius 2 is 0.438 bits per heavy atom. The van der Waals surface area contributed by atoms with Crippen LogP contribution in [0.3, 0.4) is 0 Å². The van der Waals surface area contributed by atoms with Gasteiger partial charge in [0.2, 0.25) is 0 Å². The van der Waals surface area contributed by atoms with Gasteiger partial charge in [-0.1, -0.05) is 0 Å². The van der Waals surface area contributed by atoms with Gasteiger partial charge >= 0.3 is 0 Å². The largest absolute Gasteiger partial charge is 0.759 e. The summed E-state index contributed by atoms with van der Waals surface area (Å²) >= 11 is 0. The van der Waals surface area contributed by atoms with E-state index in [1.165, 1.54) is 0 Å². The summed E-state index contributed by atoms with van der Waals surface area (Å²) in [7, 11) is -15.5. The van der Waals surface area contributed by atoms with Crippen LogP contribution in [0.4, 0.5) is 0 Å². The van der Waals surface area contributed by atoms with Gasteiger partial charge in [0.15, 0.2) is 0 Å². The van der Waals surface area contributed by atoms with Crippen molar-refractivity contribution in [3.05, 3.63) is 0 Å². The summed E-state index contributed by atoms with van der Waals surface area (Å²) < 4.78 is 102. The third-order valence-electron chi connectivity index (χ3n) is 0. The van der Waals surface area contributed by atoms with E-state index in [0.29, 0.717) is 0 Å². The third kappa shape index (κ3) is 37300. The molecule has 0 rings (SSSR count). The van der Waals surface area contributed by atoms with Gasteiger partial charge < -0.3 is 27.3 Å². The van der Waals surface area contributed by atoms with Gasteiger partial charge in [0.25, 0.3) is 0 Å². The van der Waals surface area contributed by atoms with E-state index in [0.717, 1.165) is 0 Å². The van der Waals surface area contributed by atoms with Crippen molar-refractivity contribution in [3.8, 4) is 0 Å². The van der Waals surface area contributed by atoms with Gasteiger partial charge in [-0.3, -0.25) is 25.3 Å². The minimum absolute atomic E-state index is 0. The maximum Gasteiger partial charge on any atom is 0.0311 e. The van der Waals surface area contributed by atoms with Crippen LogP contribution in [0.25, 0.3) is 0 Å². The Kier molecular flexibility index (Phi) is 14.7. The van der Waals surface area contributed by atoms with E-state index in [1.54, 1.807) is 0 Å². The molecule has 0 aromatic carbocycles. The minimum atomic E-state index is -5.17. The predicted octanol–water partition coefficient (Wildman–Crippen LogP) is -4.02. The monoisotopic (exact) mass is 481 g/mol. The summed E-state index contributed by atoms with van der Waals surface area (Å²) in [5, 5.41) is 0. The summed E-state index contributed by atoms with van der Waals surface area (Å²) in [6.45, 7) is 0. The molecule has 105 valence electrons. The fraction of sp³-hybridized carbons (Fsp3) is 0. The molecule has 0 amide bonds. The van der Waals surface area contributed by atoms with Crippen LogP contribution in [-0.2, 0) is 51.3 Å². The second-order valence-corrected chi connectivity index (χ2v) is 3.67. The first kappa shape index (κ1) is 25.2. The molecule has 0 saturated heterocycles. The van der Waals surface area contributed by atoms with Crippen LogP contribution in [-0.4, -0.2) is 52.6 Å². The van der Waals surface area contributed by atoms with Gasteiger partial charge in [-0.2, -0.15) is 0 Å². The van der Waals surface area contributed by atoms with Crippen molar-refractivity contribution in [2.24, 2.45) is 0 Å². The Morgan fingerprint density at radius 1 is 0.438 bits per heavy atom. The van der Waals surface area contributed by atoms with Crippen molar-refractivity contribution in [3.63, 3.8) is 0 Å². The van der Waals surface area contributed by atoms with Crippen LogP contribution in [0.1, 0.15) is 0 Å². The van der Waals surface area contributed by atoms with Crippen molar-refractivity contribution < 1.29 is 72.7 Å². The van der Waals surface area contributed by atoms with Gasteiger partial charge in [0.05, 0.1) is 0 Å². The molecular formula is IrO12S3-6. The molecule has 12 nitrogen and oxygen atoms in total. The smallest absolute Gasteiger partial charge is 0.0311 e. The molecule has 0 aliphatic rings. The fourth-order valence-corrected chi connectivity index (χ4v) is 0. The van der Waals surface area contributed by atoms with Crippen molar-refractivity contribution in [1.82, 2.24) is 0 Å². The normalized spacial score (nSPS) is 10.9. The molecule has 0 aromatic rings. The van der Waals surface area contributed by atoms with Crippen molar-refractivity contribution in [1.29, 1.82) is 0 Å². The average Bonchev–Trinajstić information content (AvgIpc) is 1.41. The summed E-state index contributed by atoms with van der Waals surface area (Å²) in [5.74, 6) is 0. The number of hydrogen-bond donors (Lipinski definition) is 0. The molecule has 0 atom stereocenters. The van der Waals surface area contributed by atoms with E-state index in [1.807, 2.05) is 0 Å². The average molecular weight is 480 g/mol. The van der Waals surface area contributed by atoms with Crippen LogP contribution in [0.15, 0.2) is 0 Å². The molecular weight excluding hydrogens is 480 g/mol. The van der Waals surface area contributed by atoms with E-state index in [-0.39, 0.29) is 20.1 Å². The zero-order chi connectivity index (χ0) is 13.5. The van der Waals surface area contributed by atoms with Crippen LogP contribution in [0.5, 0.6) is 0 Å². The zero-order valence-corrected chi connectivity index (χ0v) is 11.3. The third-order valence-corrected chi connectivity index (χ3v) is 0. The van der Waals surface area contributed by atoms with Crippen LogP contribution >= 0.6 is 0 Å². The molecule has 0 saturated carbocycles. The zero-order valence-electron chi connectivity index (χ0n) is 6.46. The van der Waals surface area contributed by atoms with Gasteiger partial charge in [-0.15, -0.1) is 0 Å². The molecule has 0 fully saturated rings. The Morgan fingerprint density at radius 3 is 0.438 bits per heavy atom. The molecule has 0 unspecified atom stereocenters. The van der Waals surface area contributed by atoms with E-state index in [2.05, 4.69) is 0 Å². The Hall–Kier alpha value is 0.259. The Balaban J connectivity index is -0.0000000655. The fourth-order valence-electron chi connectivity index (χ4n) is 0. The molecule has 0 N–H and O–H groups in total. The maximum atomic E-state index is 8.52. The van der Waals surface area contributed by atoms with Crippen LogP contribution < -0.4 is 0 Å². The van der Waals surface area contributed by atoms with Gasteiger partial charge in [0, 0.05) is 51.3 Å². The van der Waals surface area contributed by atoms with Crippen molar-refractivity contribution >= 4 is 31.2 Å². The standard InChI is InChI=1S/Ir.3H2O4S/c;3*1-5(2,3)4/h;3*(H2,1,2,3,4)/p-6. The first-order valence-electron chi connectivity index (χ1n) is 2.00. The summed E-state index contributed by atoms with van der Waals surface area (Å²) in [6.07, 6.45) is 0. The molecule has 16 heavy (non-hydrogen) atoms. The van der Waals surface area contributed by atoms with Crippen molar-refractivity contribution in [2.45, 2.75) is 0 Å². The van der Waals surface area contributed by atoms with Crippen LogP contribution in [0, 0.1) is 0 Å². The summed E-state index contributed by atoms with van der Waals surface area (Å²) in [5.41, 5.74) is 0. The van der Waals surface area contributed by atoms with Crippen molar-refractivity contribution in [2.75, 3.05) is 0 Å². The quantitative estimate of drug-likeness (QED) is 0.238. The van der Waals surface area contributed by atoms with E-state index in [9.17, 15) is 0 Å². The Labute approximate surface area is 104 Å².